The predicted octanol–water partition coefficient (Wildman–Crippen LogP) is 1.33. The molecule has 4 heteroatoms. The summed E-state index contributed by atoms with van der Waals surface area (Å²) in [5.41, 5.74) is 0. The number of nitrogens with zero attached hydrogens (tertiary/aromatic N) is 1. The van der Waals surface area contributed by atoms with Crippen LogP contribution >= 0.6 is 0 Å². The Morgan fingerprint density at radius 2 is 2.30 bits per heavy atom. The van der Waals surface area contributed by atoms with Gasteiger partial charge < -0.3 is 0 Å². The first kappa shape index (κ1) is 7.21. The van der Waals surface area contributed by atoms with Gasteiger partial charge in [-0.2, -0.15) is 13.8 Å². The highest BCUT2D eigenvalue weighted by molar-refractivity contribution is 5.08. The van der Waals surface area contributed by atoms with E-state index >= 15 is 0 Å². The Balaban J connectivity index is 2.74. The van der Waals surface area contributed by atoms with E-state index in [4.69, 9.17) is 0 Å². The minimum Gasteiger partial charge on any atom is -0.271 e. The predicted molar refractivity (Wildman–Crippen MR) is 30.7 cm³/mol. The van der Waals surface area contributed by atoms with Gasteiger partial charge in [0.25, 0.3) is 0 Å². The zero-order valence-electron chi connectivity index (χ0n) is 5.34. The van der Waals surface area contributed by atoms with Crippen molar-refractivity contribution in [1.29, 1.82) is 0 Å². The van der Waals surface area contributed by atoms with Crippen molar-refractivity contribution in [2.24, 2.45) is 0 Å². The summed E-state index contributed by atoms with van der Waals surface area (Å²) in [6, 6.07) is -3.07. The monoisotopic (exact) mass is 146 g/mol. The van der Waals surface area contributed by atoms with E-state index in [2.05, 4.69) is 11.0 Å². The molecule has 0 unspecified atom stereocenters. The van der Waals surface area contributed by atoms with Gasteiger partial charge in [-0.25, -0.2) is 0 Å². The summed E-state index contributed by atoms with van der Waals surface area (Å²) in [6.07, 6.45) is 5.50. The minimum atomic E-state index is -3.07. The van der Waals surface area contributed by atoms with Gasteiger partial charge in [0.1, 0.15) is 0 Å². The third-order valence-corrected chi connectivity index (χ3v) is 1.04. The average molecular weight is 146 g/mol. The Labute approximate surface area is 57.3 Å². The molecule has 1 aliphatic heterocycles. The fourth-order valence-corrected chi connectivity index (χ4v) is 0.603. The largest absolute Gasteiger partial charge is 0.367 e. The molecule has 0 saturated carbocycles. The summed E-state index contributed by atoms with van der Waals surface area (Å²) in [5, 5.41) is 0.354. The molecule has 0 N–H and O–H groups in total. The Hall–Kier alpha value is -0.900. The van der Waals surface area contributed by atoms with Gasteiger partial charge in [-0.1, -0.05) is 6.08 Å². The molecule has 0 saturated heterocycles. The number of hydroxylamine groups is 2. The number of halogens is 2. The summed E-state index contributed by atoms with van der Waals surface area (Å²) >= 11 is 0. The summed E-state index contributed by atoms with van der Waals surface area (Å²) in [5.74, 6) is 0. The molecule has 2 nitrogen and oxygen atoms in total. The van der Waals surface area contributed by atoms with Crippen LogP contribution in [0.4, 0.5) is 8.78 Å². The first-order valence-electron chi connectivity index (χ1n) is 2.66. The number of hydrogen-bond donors (Lipinski definition) is 0. The van der Waals surface area contributed by atoms with Crippen molar-refractivity contribution in [3.63, 3.8) is 0 Å². The summed E-state index contributed by atoms with van der Waals surface area (Å²) < 4.78 is 25.0. The van der Waals surface area contributed by atoms with E-state index in [-0.39, 0.29) is 0 Å². The van der Waals surface area contributed by atoms with E-state index in [9.17, 15) is 8.78 Å². The lowest BCUT2D eigenvalue weighted by molar-refractivity contribution is -0.256. The average Bonchev–Trinajstić information content (AvgIpc) is 1.87. The second-order valence-corrected chi connectivity index (χ2v) is 1.72. The van der Waals surface area contributed by atoms with Crippen LogP contribution < -0.4 is 0 Å². The SMILES string of the molecule is CON1[C]=CC=CC1(F)F. The molecule has 0 atom stereocenters. The maximum atomic E-state index is 12.5. The Kier molecular flexibility index (Phi) is 1.72. The highest BCUT2D eigenvalue weighted by Crippen LogP contribution is 2.23. The van der Waals surface area contributed by atoms with Crippen LogP contribution in [0.15, 0.2) is 18.2 Å². The van der Waals surface area contributed by atoms with E-state index < -0.39 is 6.05 Å². The molecule has 0 fully saturated rings. The van der Waals surface area contributed by atoms with Gasteiger partial charge in [0.15, 0.2) is 0 Å². The third-order valence-electron chi connectivity index (χ3n) is 1.04. The summed E-state index contributed by atoms with van der Waals surface area (Å²) in [4.78, 5) is 4.30. The molecule has 1 aliphatic rings. The quantitative estimate of drug-likeness (QED) is 0.517. The van der Waals surface area contributed by atoms with Crippen molar-refractivity contribution >= 4 is 0 Å². The first-order valence-corrected chi connectivity index (χ1v) is 2.66. The molecule has 0 aromatic rings. The fraction of sp³-hybridized carbons (Fsp3) is 0.333. The minimum absolute atomic E-state index is 0.354. The van der Waals surface area contributed by atoms with Gasteiger partial charge in [-0.3, -0.25) is 4.84 Å². The van der Waals surface area contributed by atoms with Crippen molar-refractivity contribution in [3.05, 3.63) is 24.4 Å². The van der Waals surface area contributed by atoms with Gasteiger partial charge in [0, 0.05) is 6.08 Å². The molecule has 0 amide bonds. The standard InChI is InChI=1S/C6H6F2NO/c1-10-9-5-3-2-4-6(9,7)8/h2-4H,1H3. The lowest BCUT2D eigenvalue weighted by Gasteiger charge is -2.25. The van der Waals surface area contributed by atoms with Crippen LogP contribution in [-0.2, 0) is 4.84 Å². The second-order valence-electron chi connectivity index (χ2n) is 1.72. The Bertz CT molecular complexity index is 177. The van der Waals surface area contributed by atoms with Crippen molar-refractivity contribution in [2.75, 3.05) is 7.11 Å². The number of rotatable bonds is 1. The normalized spacial score (nSPS) is 21.7. The lowest BCUT2D eigenvalue weighted by Crippen LogP contribution is -2.36. The van der Waals surface area contributed by atoms with Gasteiger partial charge in [0.2, 0.25) is 0 Å². The lowest BCUT2D eigenvalue weighted by atomic mass is 10.3. The molecule has 0 aromatic carbocycles. The topological polar surface area (TPSA) is 12.5 Å². The van der Waals surface area contributed by atoms with Crippen LogP contribution in [0.5, 0.6) is 0 Å². The first-order chi connectivity index (χ1) is 4.67. The van der Waals surface area contributed by atoms with E-state index in [0.29, 0.717) is 5.06 Å². The molecule has 1 radical (unpaired) electrons. The summed E-state index contributed by atoms with van der Waals surface area (Å²) in [7, 11) is 1.16. The van der Waals surface area contributed by atoms with E-state index in [1.54, 1.807) is 0 Å². The van der Waals surface area contributed by atoms with Crippen LogP contribution in [0.2, 0.25) is 0 Å². The summed E-state index contributed by atoms with van der Waals surface area (Å²) in [6.45, 7) is 0. The molecular formula is C6H6F2NO. The Morgan fingerprint density at radius 3 is 2.70 bits per heavy atom. The van der Waals surface area contributed by atoms with Crippen LogP contribution in [-0.4, -0.2) is 18.2 Å². The molecule has 55 valence electrons. The number of alkyl halides is 2. The van der Waals surface area contributed by atoms with Gasteiger partial charge >= 0.3 is 6.05 Å². The number of hydrogen-bond acceptors (Lipinski definition) is 2. The van der Waals surface area contributed by atoms with Crippen molar-refractivity contribution in [2.45, 2.75) is 6.05 Å². The van der Waals surface area contributed by atoms with Crippen molar-refractivity contribution in [3.8, 4) is 0 Å². The molecule has 10 heavy (non-hydrogen) atoms. The molecule has 0 aliphatic carbocycles. The van der Waals surface area contributed by atoms with Crippen LogP contribution in [0.25, 0.3) is 0 Å². The molecule has 0 bridgehead atoms. The molecular weight excluding hydrogens is 140 g/mol. The van der Waals surface area contributed by atoms with Crippen molar-refractivity contribution in [1.82, 2.24) is 5.06 Å². The van der Waals surface area contributed by atoms with E-state index in [1.807, 2.05) is 0 Å². The Morgan fingerprint density at radius 1 is 1.60 bits per heavy atom. The smallest absolute Gasteiger partial charge is 0.271 e. The van der Waals surface area contributed by atoms with Gasteiger partial charge in [0.05, 0.1) is 13.3 Å². The third kappa shape index (κ3) is 1.16. The van der Waals surface area contributed by atoms with E-state index in [1.165, 1.54) is 12.2 Å². The van der Waals surface area contributed by atoms with E-state index in [0.717, 1.165) is 13.2 Å². The molecule has 0 aromatic heterocycles. The van der Waals surface area contributed by atoms with Gasteiger partial charge in [-0.05, 0) is 6.08 Å². The van der Waals surface area contributed by atoms with Crippen LogP contribution in [0.3, 0.4) is 0 Å². The fourth-order valence-electron chi connectivity index (χ4n) is 0.603. The molecule has 1 rings (SSSR count). The zero-order valence-corrected chi connectivity index (χ0v) is 5.34. The van der Waals surface area contributed by atoms with Gasteiger partial charge in [-0.15, -0.1) is 0 Å². The van der Waals surface area contributed by atoms with Crippen LogP contribution in [0, 0.1) is 6.20 Å². The molecule has 0 spiro atoms. The molecule has 1 heterocycles. The second kappa shape index (κ2) is 2.38. The maximum Gasteiger partial charge on any atom is 0.367 e. The van der Waals surface area contributed by atoms with Crippen LogP contribution in [0.1, 0.15) is 0 Å². The zero-order chi connectivity index (χ0) is 7.61. The van der Waals surface area contributed by atoms with Crippen molar-refractivity contribution < 1.29 is 13.6 Å². The highest BCUT2D eigenvalue weighted by Gasteiger charge is 2.34. The maximum absolute atomic E-state index is 12.5. The number of allylic oxidation sites excluding steroid dienone is 2. The highest BCUT2D eigenvalue weighted by atomic mass is 19.3.